The maximum Gasteiger partial charge on any atom is 0.311 e. The summed E-state index contributed by atoms with van der Waals surface area (Å²) in [6.45, 7) is 9.81. The zero-order chi connectivity index (χ0) is 22.9. The Morgan fingerprint density at radius 1 is 1.26 bits per heavy atom. The molecule has 0 radical (unpaired) electrons. The summed E-state index contributed by atoms with van der Waals surface area (Å²) in [5.74, 6) is -0.108. The fourth-order valence-electron chi connectivity index (χ4n) is 3.26. The van der Waals surface area contributed by atoms with E-state index in [-0.39, 0.29) is 23.1 Å². The van der Waals surface area contributed by atoms with Gasteiger partial charge in [-0.05, 0) is 36.3 Å². The van der Waals surface area contributed by atoms with Crippen molar-refractivity contribution >= 4 is 28.9 Å². The highest BCUT2D eigenvalue weighted by Gasteiger charge is 2.33. The Morgan fingerprint density at radius 3 is 2.32 bits per heavy atom. The van der Waals surface area contributed by atoms with Crippen LogP contribution in [0.15, 0.2) is 24.3 Å². The number of rotatable bonds is 6. The summed E-state index contributed by atoms with van der Waals surface area (Å²) < 4.78 is 13.0. The molecule has 0 spiro atoms. The van der Waals surface area contributed by atoms with Crippen LogP contribution in [-0.4, -0.2) is 22.0 Å². The lowest BCUT2D eigenvalue weighted by Crippen LogP contribution is -2.20. The first-order valence-corrected chi connectivity index (χ1v) is 10.7. The molecule has 7 heteroatoms. The van der Waals surface area contributed by atoms with Crippen LogP contribution < -0.4 is 0 Å². The van der Waals surface area contributed by atoms with Gasteiger partial charge in [0.25, 0.3) is 0 Å². The van der Waals surface area contributed by atoms with E-state index in [1.807, 2.05) is 24.3 Å². The topological polar surface area (TPSA) is 77.1 Å². The predicted molar refractivity (Wildman–Crippen MR) is 120 cm³/mol. The molecule has 1 saturated carbocycles. The molecular formula is C24H28ClN3O3. The average Bonchev–Trinajstić information content (AvgIpc) is 3.50. The predicted octanol–water partition coefficient (Wildman–Crippen LogP) is 5.39. The number of carbonyl (C=O) groups is 1. The van der Waals surface area contributed by atoms with Gasteiger partial charge in [-0.15, -0.1) is 0 Å². The van der Waals surface area contributed by atoms with Gasteiger partial charge < -0.3 is 9.47 Å². The van der Waals surface area contributed by atoms with Gasteiger partial charge in [0.2, 0.25) is 6.29 Å². The van der Waals surface area contributed by atoms with E-state index in [9.17, 15) is 10.1 Å². The normalized spacial score (nSPS) is 15.7. The Balaban J connectivity index is 2.06. The van der Waals surface area contributed by atoms with Crippen molar-refractivity contribution in [2.45, 2.75) is 59.2 Å². The highest BCUT2D eigenvalue weighted by molar-refractivity contribution is 6.33. The number of nitrogens with zero attached hydrogens (tertiary/aromatic N) is 3. The van der Waals surface area contributed by atoms with Crippen LogP contribution >= 0.6 is 11.6 Å². The molecule has 1 aromatic heterocycles. The maximum absolute atomic E-state index is 12.1. The SMILES string of the molecule is Cc1nn(C)c(/C(OC(C)OC(=O)C2CC2)=C(\C#N)c2ccc(C(C)(C)C)cc2)c1Cl. The number of ether oxygens (including phenoxy) is 2. The number of hydrogen-bond donors (Lipinski definition) is 0. The number of allylic oxidation sites excluding steroid dienone is 1. The summed E-state index contributed by atoms with van der Waals surface area (Å²) in [4.78, 5) is 12.1. The minimum atomic E-state index is -0.883. The number of aryl methyl sites for hydroxylation is 2. The maximum atomic E-state index is 12.1. The monoisotopic (exact) mass is 441 g/mol. The molecule has 0 amide bonds. The van der Waals surface area contributed by atoms with Gasteiger partial charge in [-0.2, -0.15) is 10.4 Å². The average molecular weight is 442 g/mol. The third kappa shape index (κ3) is 5.11. The molecular weight excluding hydrogens is 414 g/mol. The number of nitriles is 1. The quantitative estimate of drug-likeness (QED) is 0.260. The first-order chi connectivity index (χ1) is 14.5. The van der Waals surface area contributed by atoms with Crippen LogP contribution in [0.2, 0.25) is 5.02 Å². The van der Waals surface area contributed by atoms with Gasteiger partial charge in [-0.25, -0.2) is 0 Å². The van der Waals surface area contributed by atoms with Crippen molar-refractivity contribution in [3.05, 3.63) is 51.8 Å². The zero-order valence-electron chi connectivity index (χ0n) is 18.8. The Morgan fingerprint density at radius 2 is 1.87 bits per heavy atom. The molecule has 0 aliphatic heterocycles. The fourth-order valence-corrected chi connectivity index (χ4v) is 3.51. The van der Waals surface area contributed by atoms with Crippen LogP contribution in [0.5, 0.6) is 0 Å². The minimum Gasteiger partial charge on any atom is -0.451 e. The lowest BCUT2D eigenvalue weighted by atomic mass is 9.86. The second kappa shape index (κ2) is 8.76. The smallest absolute Gasteiger partial charge is 0.311 e. The van der Waals surface area contributed by atoms with Crippen LogP contribution in [0, 0.1) is 24.2 Å². The largest absolute Gasteiger partial charge is 0.451 e. The van der Waals surface area contributed by atoms with E-state index in [0.717, 1.165) is 18.4 Å². The summed E-state index contributed by atoms with van der Waals surface area (Å²) in [7, 11) is 1.73. The lowest BCUT2D eigenvalue weighted by molar-refractivity contribution is -0.165. The molecule has 1 unspecified atom stereocenters. The molecule has 0 saturated heterocycles. The van der Waals surface area contributed by atoms with Crippen LogP contribution in [0.1, 0.15) is 63.1 Å². The van der Waals surface area contributed by atoms with Crippen LogP contribution in [0.4, 0.5) is 0 Å². The van der Waals surface area contributed by atoms with Crippen molar-refractivity contribution in [2.24, 2.45) is 13.0 Å². The van der Waals surface area contributed by atoms with E-state index < -0.39 is 6.29 Å². The van der Waals surface area contributed by atoms with E-state index in [4.69, 9.17) is 21.1 Å². The molecule has 1 fully saturated rings. The second-order valence-corrected chi connectivity index (χ2v) is 9.29. The van der Waals surface area contributed by atoms with Crippen molar-refractivity contribution in [1.82, 2.24) is 9.78 Å². The van der Waals surface area contributed by atoms with Crippen molar-refractivity contribution in [1.29, 1.82) is 5.26 Å². The van der Waals surface area contributed by atoms with Crippen molar-refractivity contribution in [3.8, 4) is 6.07 Å². The van der Waals surface area contributed by atoms with Gasteiger partial charge in [0.05, 0.1) is 16.6 Å². The van der Waals surface area contributed by atoms with Crippen molar-refractivity contribution < 1.29 is 14.3 Å². The fraction of sp³-hybridized carbons (Fsp3) is 0.458. The Hall–Kier alpha value is -2.78. The van der Waals surface area contributed by atoms with Gasteiger partial charge in [0.1, 0.15) is 17.3 Å². The van der Waals surface area contributed by atoms with E-state index >= 15 is 0 Å². The molecule has 3 rings (SSSR count). The third-order valence-corrected chi connectivity index (χ3v) is 5.67. The van der Waals surface area contributed by atoms with Gasteiger partial charge in [-0.3, -0.25) is 9.48 Å². The number of aromatic nitrogens is 2. The highest BCUT2D eigenvalue weighted by atomic mass is 35.5. The number of halogens is 1. The first-order valence-electron chi connectivity index (χ1n) is 10.3. The van der Waals surface area contributed by atoms with E-state index in [0.29, 0.717) is 27.5 Å². The summed E-state index contributed by atoms with van der Waals surface area (Å²) >= 11 is 6.52. The highest BCUT2D eigenvalue weighted by Crippen LogP contribution is 2.36. The molecule has 1 atom stereocenters. The van der Waals surface area contributed by atoms with Crippen LogP contribution in [0.25, 0.3) is 11.3 Å². The standard InChI is InChI=1S/C24H28ClN3O3/c1-14-20(25)21(28(6)27-14)22(30-15(2)31-23(29)17-7-8-17)19(13-26)16-9-11-18(12-10-16)24(3,4)5/h9-12,15,17H,7-8H2,1-6H3/b22-19-. The third-order valence-electron chi connectivity index (χ3n) is 5.22. The molecule has 164 valence electrons. The number of carbonyl (C=O) groups excluding carboxylic acids is 1. The molecule has 0 N–H and O–H groups in total. The Bertz CT molecular complexity index is 1050. The molecule has 2 aromatic rings. The molecule has 1 heterocycles. The summed E-state index contributed by atoms with van der Waals surface area (Å²) in [5.41, 5.74) is 3.19. The molecule has 0 bridgehead atoms. The minimum absolute atomic E-state index is 0.0115. The zero-order valence-corrected chi connectivity index (χ0v) is 19.6. The van der Waals surface area contributed by atoms with E-state index in [2.05, 4.69) is 31.9 Å². The van der Waals surface area contributed by atoms with Crippen molar-refractivity contribution in [2.75, 3.05) is 0 Å². The van der Waals surface area contributed by atoms with E-state index in [1.165, 1.54) is 0 Å². The molecule has 31 heavy (non-hydrogen) atoms. The van der Waals surface area contributed by atoms with Gasteiger partial charge >= 0.3 is 5.97 Å². The molecule has 1 aromatic carbocycles. The molecule has 1 aliphatic carbocycles. The van der Waals surface area contributed by atoms with E-state index in [1.54, 1.807) is 25.6 Å². The summed E-state index contributed by atoms with van der Waals surface area (Å²) in [6.07, 6.45) is 0.793. The Labute approximate surface area is 188 Å². The Kier molecular flexibility index (Phi) is 6.47. The van der Waals surface area contributed by atoms with Crippen molar-refractivity contribution in [3.63, 3.8) is 0 Å². The lowest BCUT2D eigenvalue weighted by Gasteiger charge is -2.21. The summed E-state index contributed by atoms with van der Waals surface area (Å²) in [5, 5.41) is 14.8. The molecule has 6 nitrogen and oxygen atoms in total. The first kappa shape index (κ1) is 22.9. The second-order valence-electron chi connectivity index (χ2n) is 8.91. The van der Waals surface area contributed by atoms with Gasteiger partial charge in [0, 0.05) is 14.0 Å². The molecule has 1 aliphatic rings. The number of benzene rings is 1. The van der Waals surface area contributed by atoms with Gasteiger partial charge in [-0.1, -0.05) is 56.6 Å². The van der Waals surface area contributed by atoms with Crippen LogP contribution in [-0.2, 0) is 26.7 Å². The van der Waals surface area contributed by atoms with Crippen LogP contribution in [0.3, 0.4) is 0 Å². The number of hydrogen-bond acceptors (Lipinski definition) is 5. The number of esters is 1. The van der Waals surface area contributed by atoms with Gasteiger partial charge in [0.15, 0.2) is 5.76 Å². The summed E-state index contributed by atoms with van der Waals surface area (Å²) in [6, 6.07) is 10.0.